The summed E-state index contributed by atoms with van der Waals surface area (Å²) >= 11 is 1.48. The number of nitrogens with zero attached hydrogens (tertiary/aromatic N) is 1. The van der Waals surface area contributed by atoms with Gasteiger partial charge in [-0.3, -0.25) is 9.52 Å². The molecule has 1 heterocycles. The first-order chi connectivity index (χ1) is 9.92. The standard InChI is InChI=1S/C14H14N2O3S2/c1-10(17)11-3-6-13(7-4-11)21(18,19)16-12-5-8-14(20-2)15-9-12/h3-9,16H,1-2H3. The minimum Gasteiger partial charge on any atom is -0.295 e. The van der Waals surface area contributed by atoms with Crippen LogP contribution in [0.3, 0.4) is 0 Å². The molecule has 1 aromatic heterocycles. The molecule has 7 heteroatoms. The van der Waals surface area contributed by atoms with Gasteiger partial charge in [0.2, 0.25) is 0 Å². The van der Waals surface area contributed by atoms with Crippen LogP contribution in [0.1, 0.15) is 17.3 Å². The SMILES string of the molecule is CSc1ccc(NS(=O)(=O)c2ccc(C(C)=O)cc2)cn1. The zero-order valence-corrected chi connectivity index (χ0v) is 13.2. The normalized spacial score (nSPS) is 11.1. The third-order valence-electron chi connectivity index (χ3n) is 2.77. The number of pyridine rings is 1. The zero-order valence-electron chi connectivity index (χ0n) is 11.5. The summed E-state index contributed by atoms with van der Waals surface area (Å²) < 4.78 is 26.9. The first-order valence-corrected chi connectivity index (χ1v) is 8.77. The number of rotatable bonds is 5. The highest BCUT2D eigenvalue weighted by Gasteiger charge is 2.14. The van der Waals surface area contributed by atoms with Gasteiger partial charge in [-0.15, -0.1) is 11.8 Å². The van der Waals surface area contributed by atoms with Crippen LogP contribution < -0.4 is 4.72 Å². The van der Waals surface area contributed by atoms with Crippen molar-refractivity contribution in [1.29, 1.82) is 0 Å². The molecule has 2 aromatic rings. The first-order valence-electron chi connectivity index (χ1n) is 6.06. The van der Waals surface area contributed by atoms with E-state index in [-0.39, 0.29) is 10.7 Å². The van der Waals surface area contributed by atoms with Crippen molar-refractivity contribution in [2.24, 2.45) is 0 Å². The van der Waals surface area contributed by atoms with E-state index in [2.05, 4.69) is 9.71 Å². The van der Waals surface area contributed by atoms with Gasteiger partial charge in [0.15, 0.2) is 5.78 Å². The number of thioether (sulfide) groups is 1. The molecule has 0 aliphatic carbocycles. The van der Waals surface area contributed by atoms with E-state index in [0.717, 1.165) is 5.03 Å². The fraction of sp³-hybridized carbons (Fsp3) is 0.143. The molecular weight excluding hydrogens is 308 g/mol. The maximum atomic E-state index is 12.2. The van der Waals surface area contributed by atoms with E-state index in [1.165, 1.54) is 49.1 Å². The molecule has 0 saturated heterocycles. The minimum absolute atomic E-state index is 0.0986. The lowest BCUT2D eigenvalue weighted by Gasteiger charge is -2.08. The second kappa shape index (κ2) is 6.28. The molecule has 0 unspecified atom stereocenters. The number of hydrogen-bond acceptors (Lipinski definition) is 5. The molecule has 0 spiro atoms. The van der Waals surface area contributed by atoms with Gasteiger partial charge in [0.25, 0.3) is 10.0 Å². The molecule has 1 N–H and O–H groups in total. The maximum Gasteiger partial charge on any atom is 0.261 e. The van der Waals surface area contributed by atoms with E-state index in [4.69, 9.17) is 0 Å². The number of carbonyl (C=O) groups excluding carboxylic acids is 1. The quantitative estimate of drug-likeness (QED) is 0.676. The Bertz CT molecular complexity index is 739. The third-order valence-corrected chi connectivity index (χ3v) is 4.83. The number of benzene rings is 1. The van der Waals surface area contributed by atoms with Crippen molar-refractivity contribution < 1.29 is 13.2 Å². The predicted octanol–water partition coefficient (Wildman–Crippen LogP) is 2.81. The topological polar surface area (TPSA) is 76.1 Å². The van der Waals surface area contributed by atoms with E-state index >= 15 is 0 Å². The minimum atomic E-state index is -3.68. The lowest BCUT2D eigenvalue weighted by atomic mass is 10.2. The van der Waals surface area contributed by atoms with E-state index in [1.54, 1.807) is 12.1 Å². The number of nitrogens with one attached hydrogen (secondary N) is 1. The molecule has 21 heavy (non-hydrogen) atoms. The van der Waals surface area contributed by atoms with Crippen LogP contribution in [0, 0.1) is 0 Å². The number of anilines is 1. The second-order valence-corrected chi connectivity index (χ2v) is 6.78. The van der Waals surface area contributed by atoms with Crippen molar-refractivity contribution in [3.63, 3.8) is 0 Å². The van der Waals surface area contributed by atoms with E-state index < -0.39 is 10.0 Å². The molecule has 0 fully saturated rings. The van der Waals surface area contributed by atoms with Crippen LogP contribution in [0.4, 0.5) is 5.69 Å². The van der Waals surface area contributed by atoms with Gasteiger partial charge in [-0.1, -0.05) is 12.1 Å². The van der Waals surface area contributed by atoms with E-state index in [9.17, 15) is 13.2 Å². The summed E-state index contributed by atoms with van der Waals surface area (Å²) in [4.78, 5) is 15.4. The number of ketones is 1. The summed E-state index contributed by atoms with van der Waals surface area (Å²) in [6.07, 6.45) is 3.36. The van der Waals surface area contributed by atoms with Crippen LogP contribution in [0.25, 0.3) is 0 Å². The first kappa shape index (κ1) is 15.5. The average molecular weight is 322 g/mol. The highest BCUT2D eigenvalue weighted by Crippen LogP contribution is 2.18. The molecule has 0 aliphatic heterocycles. The Kier molecular flexibility index (Phi) is 4.64. The van der Waals surface area contributed by atoms with Crippen LogP contribution >= 0.6 is 11.8 Å². The van der Waals surface area contributed by atoms with Gasteiger partial charge in [0.1, 0.15) is 0 Å². The van der Waals surface area contributed by atoms with Crippen LogP contribution in [-0.2, 0) is 10.0 Å². The number of aromatic nitrogens is 1. The fourth-order valence-electron chi connectivity index (χ4n) is 1.64. The number of hydrogen-bond donors (Lipinski definition) is 1. The molecule has 1 aromatic carbocycles. The molecule has 110 valence electrons. The summed E-state index contributed by atoms with van der Waals surface area (Å²) in [7, 11) is -3.68. The predicted molar refractivity (Wildman–Crippen MR) is 83.3 cm³/mol. The summed E-state index contributed by atoms with van der Waals surface area (Å²) in [5.74, 6) is -0.108. The lowest BCUT2D eigenvalue weighted by molar-refractivity contribution is 0.101. The molecule has 2 rings (SSSR count). The van der Waals surface area contributed by atoms with Gasteiger partial charge < -0.3 is 0 Å². The van der Waals surface area contributed by atoms with Crippen LogP contribution in [0.15, 0.2) is 52.5 Å². The maximum absolute atomic E-state index is 12.2. The van der Waals surface area contributed by atoms with Crippen molar-refractivity contribution in [2.75, 3.05) is 11.0 Å². The van der Waals surface area contributed by atoms with Gasteiger partial charge in [0, 0.05) is 5.56 Å². The fourth-order valence-corrected chi connectivity index (χ4v) is 3.05. The average Bonchev–Trinajstić information content (AvgIpc) is 2.48. The molecule has 0 saturated carbocycles. The van der Waals surface area contributed by atoms with Crippen LogP contribution in [0.2, 0.25) is 0 Å². The smallest absolute Gasteiger partial charge is 0.261 e. The van der Waals surface area contributed by atoms with Crippen molar-refractivity contribution in [3.8, 4) is 0 Å². The molecule has 0 radical (unpaired) electrons. The number of Topliss-reactive ketones (excluding diaryl/α,β-unsaturated/α-hetero) is 1. The van der Waals surface area contributed by atoms with Crippen molar-refractivity contribution in [1.82, 2.24) is 4.98 Å². The molecular formula is C14H14N2O3S2. The van der Waals surface area contributed by atoms with Gasteiger partial charge in [-0.2, -0.15) is 0 Å². The van der Waals surface area contributed by atoms with Crippen molar-refractivity contribution >= 4 is 33.3 Å². The Labute approximate surface area is 127 Å². The monoisotopic (exact) mass is 322 g/mol. The Morgan fingerprint density at radius 1 is 1.14 bits per heavy atom. The zero-order chi connectivity index (χ0) is 15.5. The van der Waals surface area contributed by atoms with E-state index in [1.807, 2.05) is 6.26 Å². The van der Waals surface area contributed by atoms with Gasteiger partial charge in [-0.25, -0.2) is 13.4 Å². The molecule has 0 aliphatic rings. The summed E-state index contributed by atoms with van der Waals surface area (Å²) in [5.41, 5.74) is 0.864. The Balaban J connectivity index is 2.22. The van der Waals surface area contributed by atoms with E-state index in [0.29, 0.717) is 11.3 Å². The Hall–Kier alpha value is -1.86. The number of sulfonamides is 1. The number of carbonyl (C=O) groups is 1. The summed E-state index contributed by atoms with van der Waals surface area (Å²) in [5, 5.41) is 0.809. The molecule has 0 atom stereocenters. The van der Waals surface area contributed by atoms with Gasteiger partial charge in [-0.05, 0) is 37.4 Å². The van der Waals surface area contributed by atoms with Crippen molar-refractivity contribution in [3.05, 3.63) is 48.2 Å². The molecule has 0 amide bonds. The molecule has 0 bridgehead atoms. The highest BCUT2D eigenvalue weighted by atomic mass is 32.2. The largest absolute Gasteiger partial charge is 0.295 e. The van der Waals surface area contributed by atoms with Crippen LogP contribution in [-0.4, -0.2) is 25.4 Å². The highest BCUT2D eigenvalue weighted by molar-refractivity contribution is 7.98. The van der Waals surface area contributed by atoms with Gasteiger partial charge in [0.05, 0.1) is 21.8 Å². The second-order valence-electron chi connectivity index (χ2n) is 4.28. The lowest BCUT2D eigenvalue weighted by Crippen LogP contribution is -2.13. The molecule has 5 nitrogen and oxygen atoms in total. The summed E-state index contributed by atoms with van der Waals surface area (Å²) in [6.45, 7) is 1.43. The third kappa shape index (κ3) is 3.83. The Morgan fingerprint density at radius 2 is 1.81 bits per heavy atom. The van der Waals surface area contributed by atoms with Gasteiger partial charge >= 0.3 is 0 Å². The summed E-state index contributed by atoms with van der Waals surface area (Å²) in [6, 6.07) is 9.19. The Morgan fingerprint density at radius 3 is 2.29 bits per heavy atom. The van der Waals surface area contributed by atoms with Crippen LogP contribution in [0.5, 0.6) is 0 Å². The van der Waals surface area contributed by atoms with Crippen molar-refractivity contribution in [2.45, 2.75) is 16.8 Å².